The molecule has 1 amide bonds. The van der Waals surface area contributed by atoms with Gasteiger partial charge in [0.05, 0.1) is 11.8 Å². The number of rotatable bonds is 4. The second-order valence-electron chi connectivity index (χ2n) is 3.09. The number of nitrogens with one attached hydrogen (secondary N) is 2. The number of sulfonamides is 1. The van der Waals surface area contributed by atoms with Crippen LogP contribution >= 0.6 is 0 Å². The molecule has 0 aromatic heterocycles. The molecule has 1 aromatic carbocycles. The predicted molar refractivity (Wildman–Crippen MR) is 61.5 cm³/mol. The number of benzene rings is 1. The molecule has 0 aliphatic heterocycles. The van der Waals surface area contributed by atoms with Crippen LogP contribution in [-0.2, 0) is 14.8 Å². The van der Waals surface area contributed by atoms with Crippen molar-refractivity contribution in [2.45, 2.75) is 11.3 Å². The molecule has 0 fully saturated rings. The number of hydrogen-bond acceptors (Lipinski definition) is 4. The van der Waals surface area contributed by atoms with E-state index in [9.17, 15) is 13.2 Å². The summed E-state index contributed by atoms with van der Waals surface area (Å²) in [5, 5.41) is 10.7. The first-order valence-electron chi connectivity index (χ1n) is 4.70. The van der Waals surface area contributed by atoms with Crippen LogP contribution in [0.1, 0.15) is 6.42 Å². The number of carbonyl (C=O) groups is 1. The van der Waals surface area contributed by atoms with E-state index in [2.05, 4.69) is 10.0 Å². The van der Waals surface area contributed by atoms with Crippen LogP contribution in [0.4, 0.5) is 5.69 Å². The largest absolute Gasteiger partial charge is 0.324 e. The van der Waals surface area contributed by atoms with Crippen LogP contribution < -0.4 is 10.0 Å². The first-order valence-corrected chi connectivity index (χ1v) is 6.19. The molecule has 0 heterocycles. The lowest BCUT2D eigenvalue weighted by atomic mass is 10.3. The number of nitrogens with zero attached hydrogens (tertiary/aromatic N) is 1. The van der Waals surface area contributed by atoms with Gasteiger partial charge in [-0.2, -0.15) is 5.26 Å². The van der Waals surface area contributed by atoms with Gasteiger partial charge in [0.15, 0.2) is 0 Å². The fourth-order valence-electron chi connectivity index (χ4n) is 1.18. The van der Waals surface area contributed by atoms with E-state index in [1.54, 1.807) is 18.2 Å². The third kappa shape index (κ3) is 3.27. The van der Waals surface area contributed by atoms with E-state index in [-0.39, 0.29) is 17.0 Å². The highest BCUT2D eigenvalue weighted by atomic mass is 32.2. The third-order valence-corrected chi connectivity index (χ3v) is 3.43. The van der Waals surface area contributed by atoms with Crippen molar-refractivity contribution < 1.29 is 13.2 Å². The Balaban J connectivity index is 3.10. The summed E-state index contributed by atoms with van der Waals surface area (Å²) in [7, 11) is -2.36. The Bertz CT molecular complexity index is 560. The summed E-state index contributed by atoms with van der Waals surface area (Å²) in [5.41, 5.74) is 0.155. The summed E-state index contributed by atoms with van der Waals surface area (Å²) >= 11 is 0. The van der Waals surface area contributed by atoms with Gasteiger partial charge in [0.25, 0.3) is 0 Å². The van der Waals surface area contributed by atoms with Crippen LogP contribution in [0.15, 0.2) is 29.2 Å². The Labute approximate surface area is 99.3 Å². The Morgan fingerprint density at radius 3 is 2.65 bits per heavy atom. The number of nitriles is 1. The average molecular weight is 253 g/mol. The number of amides is 1. The molecule has 0 unspecified atom stereocenters. The zero-order valence-corrected chi connectivity index (χ0v) is 9.91. The maximum absolute atomic E-state index is 11.6. The summed E-state index contributed by atoms with van der Waals surface area (Å²) in [6.07, 6.45) is -0.325. The van der Waals surface area contributed by atoms with Gasteiger partial charge in [-0.05, 0) is 19.2 Å². The van der Waals surface area contributed by atoms with Crippen molar-refractivity contribution in [3.8, 4) is 6.07 Å². The van der Waals surface area contributed by atoms with Crippen molar-refractivity contribution in [3.05, 3.63) is 24.3 Å². The van der Waals surface area contributed by atoms with E-state index >= 15 is 0 Å². The zero-order chi connectivity index (χ0) is 12.9. The van der Waals surface area contributed by atoms with Crippen LogP contribution in [0.25, 0.3) is 0 Å². The Morgan fingerprint density at radius 1 is 1.41 bits per heavy atom. The van der Waals surface area contributed by atoms with Gasteiger partial charge in [0.1, 0.15) is 11.3 Å². The minimum absolute atomic E-state index is 0.0335. The lowest BCUT2D eigenvalue weighted by Gasteiger charge is -2.09. The van der Waals surface area contributed by atoms with Crippen molar-refractivity contribution in [1.82, 2.24) is 4.72 Å². The zero-order valence-electron chi connectivity index (χ0n) is 9.10. The lowest BCUT2D eigenvalue weighted by Crippen LogP contribution is -2.21. The first kappa shape index (κ1) is 13.2. The molecule has 0 atom stereocenters. The highest BCUT2D eigenvalue weighted by molar-refractivity contribution is 7.89. The molecular formula is C10H11N3O3S. The van der Waals surface area contributed by atoms with Gasteiger partial charge in [-0.3, -0.25) is 4.79 Å². The Kier molecular flexibility index (Phi) is 4.20. The second kappa shape index (κ2) is 5.43. The number of para-hydroxylation sites is 1. The fraction of sp³-hybridized carbons (Fsp3) is 0.200. The van der Waals surface area contributed by atoms with Gasteiger partial charge in [-0.1, -0.05) is 12.1 Å². The predicted octanol–water partition coefficient (Wildman–Crippen LogP) is 0.447. The van der Waals surface area contributed by atoms with Crippen molar-refractivity contribution >= 4 is 21.6 Å². The van der Waals surface area contributed by atoms with E-state index in [0.29, 0.717) is 0 Å². The minimum atomic E-state index is -3.64. The van der Waals surface area contributed by atoms with E-state index in [4.69, 9.17) is 5.26 Å². The van der Waals surface area contributed by atoms with Crippen molar-refractivity contribution in [2.24, 2.45) is 0 Å². The fourth-order valence-corrected chi connectivity index (χ4v) is 2.07. The monoisotopic (exact) mass is 253 g/mol. The molecular weight excluding hydrogens is 242 g/mol. The van der Waals surface area contributed by atoms with Crippen molar-refractivity contribution in [3.63, 3.8) is 0 Å². The van der Waals surface area contributed by atoms with Gasteiger partial charge in [-0.25, -0.2) is 13.1 Å². The summed E-state index contributed by atoms with van der Waals surface area (Å²) in [6.45, 7) is 0. The van der Waals surface area contributed by atoms with Gasteiger partial charge in [0.2, 0.25) is 15.9 Å². The van der Waals surface area contributed by atoms with Crippen LogP contribution in [0, 0.1) is 11.3 Å². The normalized spacial score (nSPS) is 10.6. The minimum Gasteiger partial charge on any atom is -0.324 e. The molecule has 0 radical (unpaired) electrons. The highest BCUT2D eigenvalue weighted by Gasteiger charge is 2.17. The summed E-state index contributed by atoms with van der Waals surface area (Å²) in [4.78, 5) is 11.2. The van der Waals surface area contributed by atoms with Crippen molar-refractivity contribution in [2.75, 3.05) is 12.4 Å². The molecule has 1 rings (SSSR count). The average Bonchev–Trinajstić information content (AvgIpc) is 2.30. The molecule has 0 spiro atoms. The maximum atomic E-state index is 11.6. The van der Waals surface area contributed by atoms with E-state index < -0.39 is 15.9 Å². The molecule has 6 nitrogen and oxygen atoms in total. The van der Waals surface area contributed by atoms with Crippen LogP contribution in [-0.4, -0.2) is 21.4 Å². The summed E-state index contributed by atoms with van der Waals surface area (Å²) in [5.74, 6) is -0.550. The van der Waals surface area contributed by atoms with Crippen molar-refractivity contribution in [1.29, 1.82) is 5.26 Å². The molecule has 0 aliphatic rings. The molecule has 90 valence electrons. The number of carbonyl (C=O) groups excluding carboxylic acids is 1. The molecule has 0 aliphatic carbocycles. The van der Waals surface area contributed by atoms with Crippen LogP contribution in [0.2, 0.25) is 0 Å². The smallest absolute Gasteiger partial charge is 0.242 e. The van der Waals surface area contributed by atoms with E-state index in [1.807, 2.05) is 0 Å². The summed E-state index contributed by atoms with van der Waals surface area (Å²) in [6, 6.07) is 7.65. The quantitative estimate of drug-likeness (QED) is 0.813. The molecule has 2 N–H and O–H groups in total. The molecule has 17 heavy (non-hydrogen) atoms. The number of anilines is 1. The third-order valence-electron chi connectivity index (χ3n) is 1.96. The molecule has 0 saturated carbocycles. The topological polar surface area (TPSA) is 99.1 Å². The lowest BCUT2D eigenvalue weighted by molar-refractivity contribution is -0.115. The van der Waals surface area contributed by atoms with Gasteiger partial charge in [-0.15, -0.1) is 0 Å². The molecule has 7 heteroatoms. The Morgan fingerprint density at radius 2 is 2.06 bits per heavy atom. The maximum Gasteiger partial charge on any atom is 0.242 e. The summed E-state index contributed by atoms with van der Waals surface area (Å²) < 4.78 is 25.4. The van der Waals surface area contributed by atoms with E-state index in [1.165, 1.54) is 19.2 Å². The molecule has 0 saturated heterocycles. The van der Waals surface area contributed by atoms with Gasteiger partial charge >= 0.3 is 0 Å². The second-order valence-corrected chi connectivity index (χ2v) is 4.94. The standard InChI is InChI=1S/C10H11N3O3S/c1-12-17(15,16)9-5-3-2-4-8(9)13-10(14)6-7-11/h2-5,12H,6H2,1H3,(H,13,14). The first-order chi connectivity index (χ1) is 8.01. The molecule has 0 bridgehead atoms. The van der Waals surface area contributed by atoms with Gasteiger partial charge < -0.3 is 5.32 Å². The molecule has 1 aromatic rings. The van der Waals surface area contributed by atoms with Gasteiger partial charge in [0, 0.05) is 0 Å². The van der Waals surface area contributed by atoms with Crippen LogP contribution in [0.3, 0.4) is 0 Å². The SMILES string of the molecule is CNS(=O)(=O)c1ccccc1NC(=O)CC#N. The highest BCUT2D eigenvalue weighted by Crippen LogP contribution is 2.20. The van der Waals surface area contributed by atoms with Crippen LogP contribution in [0.5, 0.6) is 0 Å². The number of hydrogen-bond donors (Lipinski definition) is 2. The Hall–Kier alpha value is -1.91. The van der Waals surface area contributed by atoms with E-state index in [0.717, 1.165) is 0 Å².